The quantitative estimate of drug-likeness (QED) is 0.745. The van der Waals surface area contributed by atoms with E-state index in [0.29, 0.717) is 12.5 Å². The molecule has 0 radical (unpaired) electrons. The summed E-state index contributed by atoms with van der Waals surface area (Å²) in [6.45, 7) is 0.622. The van der Waals surface area contributed by atoms with Crippen LogP contribution in [0.25, 0.3) is 5.69 Å². The minimum Gasteiger partial charge on any atom is -0.392 e. The van der Waals surface area contributed by atoms with Gasteiger partial charge >= 0.3 is 0 Å². The Hall–Kier alpha value is -2.73. The second-order valence-electron chi connectivity index (χ2n) is 4.58. The van der Waals surface area contributed by atoms with Gasteiger partial charge in [0.25, 0.3) is 0 Å². The van der Waals surface area contributed by atoms with Crippen LogP contribution in [0.4, 0.5) is 5.95 Å². The number of hydrogen-bond acceptors (Lipinski definition) is 5. The average molecular weight is 281 g/mol. The lowest BCUT2D eigenvalue weighted by molar-refractivity contribution is 0.281. The first-order valence-electron chi connectivity index (χ1n) is 6.63. The molecule has 0 amide bonds. The molecule has 0 bridgehead atoms. The van der Waals surface area contributed by atoms with Gasteiger partial charge in [-0.3, -0.25) is 0 Å². The standard InChI is InChI=1S/C15H15N5O/c21-11-13-6-4-5-12(9-13)10-16-15-17-18-19-20(15)14-7-2-1-3-8-14/h1-9,21H,10-11H2,(H,16,17,19). The van der Waals surface area contributed by atoms with Crippen LogP contribution >= 0.6 is 0 Å². The van der Waals surface area contributed by atoms with Gasteiger partial charge in [-0.1, -0.05) is 47.6 Å². The van der Waals surface area contributed by atoms with Crippen LogP contribution in [-0.4, -0.2) is 25.3 Å². The molecule has 0 spiro atoms. The fourth-order valence-corrected chi connectivity index (χ4v) is 2.06. The van der Waals surface area contributed by atoms with E-state index in [-0.39, 0.29) is 6.61 Å². The summed E-state index contributed by atoms with van der Waals surface area (Å²) in [6.07, 6.45) is 0. The fraction of sp³-hybridized carbons (Fsp3) is 0.133. The van der Waals surface area contributed by atoms with Crippen molar-refractivity contribution in [3.63, 3.8) is 0 Å². The molecule has 6 heteroatoms. The first-order chi connectivity index (χ1) is 10.4. The number of tetrazole rings is 1. The van der Waals surface area contributed by atoms with Crippen molar-refractivity contribution in [2.75, 3.05) is 5.32 Å². The van der Waals surface area contributed by atoms with E-state index in [9.17, 15) is 0 Å². The molecule has 106 valence electrons. The summed E-state index contributed by atoms with van der Waals surface area (Å²) in [5.74, 6) is 0.579. The van der Waals surface area contributed by atoms with E-state index in [2.05, 4.69) is 20.8 Å². The Morgan fingerprint density at radius 1 is 1.00 bits per heavy atom. The van der Waals surface area contributed by atoms with E-state index < -0.39 is 0 Å². The summed E-state index contributed by atoms with van der Waals surface area (Å²) < 4.78 is 1.65. The molecule has 0 saturated carbocycles. The number of nitrogens with one attached hydrogen (secondary N) is 1. The third-order valence-corrected chi connectivity index (χ3v) is 3.09. The summed E-state index contributed by atoms with van der Waals surface area (Å²) in [4.78, 5) is 0. The molecule has 0 unspecified atom stereocenters. The molecule has 0 fully saturated rings. The number of aromatic nitrogens is 4. The van der Waals surface area contributed by atoms with E-state index in [4.69, 9.17) is 5.11 Å². The van der Waals surface area contributed by atoms with E-state index in [1.54, 1.807) is 4.68 Å². The second kappa shape index (κ2) is 6.15. The molecule has 0 atom stereocenters. The molecular weight excluding hydrogens is 266 g/mol. The summed E-state index contributed by atoms with van der Waals surface area (Å²) in [5.41, 5.74) is 2.84. The van der Waals surface area contributed by atoms with Crippen LogP contribution in [-0.2, 0) is 13.2 Å². The number of anilines is 1. The van der Waals surface area contributed by atoms with Crippen molar-refractivity contribution in [3.8, 4) is 5.69 Å². The highest BCUT2D eigenvalue weighted by Crippen LogP contribution is 2.12. The number of nitrogens with zero attached hydrogens (tertiary/aromatic N) is 4. The zero-order valence-electron chi connectivity index (χ0n) is 11.3. The van der Waals surface area contributed by atoms with Crippen molar-refractivity contribution < 1.29 is 5.11 Å². The fourth-order valence-electron chi connectivity index (χ4n) is 2.06. The van der Waals surface area contributed by atoms with Crippen LogP contribution in [0.5, 0.6) is 0 Å². The average Bonchev–Trinajstić information content (AvgIpc) is 3.02. The molecule has 6 nitrogen and oxygen atoms in total. The number of rotatable bonds is 5. The summed E-state index contributed by atoms with van der Waals surface area (Å²) in [7, 11) is 0. The smallest absolute Gasteiger partial charge is 0.248 e. The van der Waals surface area contributed by atoms with Gasteiger partial charge in [0, 0.05) is 6.54 Å². The molecule has 0 saturated heterocycles. The number of hydrogen-bond donors (Lipinski definition) is 2. The van der Waals surface area contributed by atoms with Gasteiger partial charge in [0.05, 0.1) is 12.3 Å². The van der Waals surface area contributed by atoms with Crippen LogP contribution in [0.15, 0.2) is 54.6 Å². The minimum atomic E-state index is 0.0373. The molecule has 2 aromatic carbocycles. The second-order valence-corrected chi connectivity index (χ2v) is 4.58. The monoisotopic (exact) mass is 281 g/mol. The summed E-state index contributed by atoms with van der Waals surface area (Å²) in [6, 6.07) is 17.4. The Morgan fingerprint density at radius 3 is 2.62 bits per heavy atom. The summed E-state index contributed by atoms with van der Waals surface area (Å²) >= 11 is 0. The Bertz CT molecular complexity index is 711. The van der Waals surface area contributed by atoms with Gasteiger partial charge in [-0.2, -0.15) is 4.68 Å². The number of aliphatic hydroxyl groups is 1. The van der Waals surface area contributed by atoms with Crippen LogP contribution in [0.3, 0.4) is 0 Å². The molecule has 0 aliphatic heterocycles. The van der Waals surface area contributed by atoms with E-state index in [1.165, 1.54) is 0 Å². The molecule has 3 aromatic rings. The lowest BCUT2D eigenvalue weighted by atomic mass is 10.1. The number of para-hydroxylation sites is 1. The highest BCUT2D eigenvalue weighted by molar-refractivity contribution is 5.39. The largest absolute Gasteiger partial charge is 0.392 e. The topological polar surface area (TPSA) is 75.9 Å². The third kappa shape index (κ3) is 3.06. The Kier molecular flexibility index (Phi) is 3.88. The maximum Gasteiger partial charge on any atom is 0.248 e. The lowest BCUT2D eigenvalue weighted by Gasteiger charge is -2.07. The Labute approximate surface area is 122 Å². The number of benzene rings is 2. The minimum absolute atomic E-state index is 0.0373. The van der Waals surface area contributed by atoms with Crippen molar-refractivity contribution in [1.82, 2.24) is 20.2 Å². The predicted octanol–water partition coefficient (Wildman–Crippen LogP) is 1.77. The zero-order valence-corrected chi connectivity index (χ0v) is 11.3. The van der Waals surface area contributed by atoms with Gasteiger partial charge in [0.2, 0.25) is 5.95 Å². The molecule has 1 heterocycles. The summed E-state index contributed by atoms with van der Waals surface area (Å²) in [5, 5.41) is 24.0. The molecule has 21 heavy (non-hydrogen) atoms. The van der Waals surface area contributed by atoms with Crippen LogP contribution in [0.2, 0.25) is 0 Å². The van der Waals surface area contributed by atoms with Gasteiger partial charge in [0.1, 0.15) is 0 Å². The molecule has 3 rings (SSSR count). The SMILES string of the molecule is OCc1cccc(CNc2nnnn2-c2ccccc2)c1. The van der Waals surface area contributed by atoms with Crippen LogP contribution < -0.4 is 5.32 Å². The number of aliphatic hydroxyl groups excluding tert-OH is 1. The molecule has 1 aromatic heterocycles. The first-order valence-corrected chi connectivity index (χ1v) is 6.63. The normalized spacial score (nSPS) is 10.5. The van der Waals surface area contributed by atoms with Crippen molar-refractivity contribution >= 4 is 5.95 Å². The third-order valence-electron chi connectivity index (χ3n) is 3.09. The highest BCUT2D eigenvalue weighted by Gasteiger charge is 2.07. The van der Waals surface area contributed by atoms with Gasteiger partial charge < -0.3 is 10.4 Å². The molecule has 0 aliphatic carbocycles. The zero-order chi connectivity index (χ0) is 14.5. The van der Waals surface area contributed by atoms with Gasteiger partial charge in [-0.25, -0.2) is 0 Å². The van der Waals surface area contributed by atoms with Gasteiger partial charge in [0.15, 0.2) is 0 Å². The van der Waals surface area contributed by atoms with E-state index in [0.717, 1.165) is 16.8 Å². The van der Waals surface area contributed by atoms with Crippen molar-refractivity contribution in [2.24, 2.45) is 0 Å². The van der Waals surface area contributed by atoms with E-state index >= 15 is 0 Å². The lowest BCUT2D eigenvalue weighted by Crippen LogP contribution is -2.07. The first kappa shape index (κ1) is 13.3. The maximum atomic E-state index is 9.15. The van der Waals surface area contributed by atoms with E-state index in [1.807, 2.05) is 54.6 Å². The van der Waals surface area contributed by atoms with Crippen LogP contribution in [0, 0.1) is 0 Å². The maximum absolute atomic E-state index is 9.15. The van der Waals surface area contributed by atoms with Crippen LogP contribution in [0.1, 0.15) is 11.1 Å². The highest BCUT2D eigenvalue weighted by atomic mass is 16.3. The van der Waals surface area contributed by atoms with Gasteiger partial charge in [-0.05, 0) is 33.7 Å². The Morgan fingerprint density at radius 2 is 1.81 bits per heavy atom. The molecule has 0 aliphatic rings. The molecular formula is C15H15N5O. The predicted molar refractivity (Wildman–Crippen MR) is 78.8 cm³/mol. The molecule has 2 N–H and O–H groups in total. The van der Waals surface area contributed by atoms with Gasteiger partial charge in [-0.15, -0.1) is 0 Å². The van der Waals surface area contributed by atoms with Crippen molar-refractivity contribution in [1.29, 1.82) is 0 Å². The van der Waals surface area contributed by atoms with Crippen molar-refractivity contribution in [3.05, 3.63) is 65.7 Å². The van der Waals surface area contributed by atoms with Crippen molar-refractivity contribution in [2.45, 2.75) is 13.2 Å². The Balaban J connectivity index is 1.76.